The lowest BCUT2D eigenvalue weighted by Crippen LogP contribution is -2.44. The second-order valence-corrected chi connectivity index (χ2v) is 9.52. The first-order chi connectivity index (χ1) is 14.7. The quantitative estimate of drug-likeness (QED) is 0.539. The van der Waals surface area contributed by atoms with E-state index in [1.54, 1.807) is 37.3 Å². The lowest BCUT2D eigenvalue weighted by Gasteiger charge is -2.27. The largest absolute Gasteiger partial charge is 0.324 e. The highest BCUT2D eigenvalue weighted by Gasteiger charge is 2.30. The van der Waals surface area contributed by atoms with Crippen LogP contribution in [0.1, 0.15) is 18.9 Å². The maximum Gasteiger partial charge on any atom is 0.271 e. The minimum absolute atomic E-state index is 0.0998. The molecule has 0 spiro atoms. The van der Waals surface area contributed by atoms with Gasteiger partial charge in [0.2, 0.25) is 15.9 Å². The zero-order valence-corrected chi connectivity index (χ0v) is 18.3. The Hall–Kier alpha value is -2.82. The van der Waals surface area contributed by atoms with Crippen molar-refractivity contribution in [3.05, 3.63) is 64.2 Å². The first-order valence-corrected chi connectivity index (χ1v) is 11.5. The van der Waals surface area contributed by atoms with Crippen LogP contribution in [0, 0.1) is 17.0 Å². The Morgan fingerprint density at radius 3 is 2.48 bits per heavy atom. The summed E-state index contributed by atoms with van der Waals surface area (Å²) in [6.45, 7) is 5.30. The van der Waals surface area contributed by atoms with Crippen molar-refractivity contribution in [1.29, 1.82) is 0 Å². The van der Waals surface area contributed by atoms with Gasteiger partial charge in [-0.1, -0.05) is 23.8 Å². The second kappa shape index (κ2) is 9.54. The number of carbonyl (C=O) groups excluding carboxylic acids is 1. The summed E-state index contributed by atoms with van der Waals surface area (Å²) in [6, 6.07) is 12.0. The van der Waals surface area contributed by atoms with Crippen LogP contribution in [0.3, 0.4) is 0 Å². The van der Waals surface area contributed by atoms with Gasteiger partial charge in [-0.05, 0) is 38.5 Å². The minimum atomic E-state index is -3.59. The number of rotatable bonds is 6. The molecule has 31 heavy (non-hydrogen) atoms. The van der Waals surface area contributed by atoms with Crippen LogP contribution in [-0.2, 0) is 14.8 Å². The molecule has 1 saturated heterocycles. The van der Waals surface area contributed by atoms with Gasteiger partial charge in [0.15, 0.2) is 0 Å². The predicted octanol–water partition coefficient (Wildman–Crippen LogP) is 2.63. The number of hydrogen-bond donors (Lipinski definition) is 1. The van der Waals surface area contributed by atoms with E-state index in [1.807, 2.05) is 11.8 Å². The normalized spacial score (nSPS) is 17.0. The summed E-state index contributed by atoms with van der Waals surface area (Å²) in [4.78, 5) is 25.3. The van der Waals surface area contributed by atoms with Crippen molar-refractivity contribution >= 4 is 27.3 Å². The van der Waals surface area contributed by atoms with Crippen LogP contribution in [0.4, 0.5) is 11.4 Å². The predicted molar refractivity (Wildman–Crippen MR) is 117 cm³/mol. The number of anilines is 1. The number of nitro benzene ring substituents is 1. The number of nitro groups is 1. The summed E-state index contributed by atoms with van der Waals surface area (Å²) in [6.07, 6.45) is 0.597. The Kier molecular flexibility index (Phi) is 7.04. The van der Waals surface area contributed by atoms with Crippen LogP contribution in [0.25, 0.3) is 0 Å². The molecular formula is C21H26N4O5S. The molecule has 3 rings (SSSR count). The molecule has 1 N–H and O–H groups in total. The molecule has 0 unspecified atom stereocenters. The van der Waals surface area contributed by atoms with Gasteiger partial charge in [-0.2, -0.15) is 4.31 Å². The Morgan fingerprint density at radius 2 is 1.81 bits per heavy atom. The van der Waals surface area contributed by atoms with E-state index >= 15 is 0 Å². The van der Waals surface area contributed by atoms with Gasteiger partial charge in [-0.25, -0.2) is 8.42 Å². The zero-order valence-electron chi connectivity index (χ0n) is 17.5. The molecule has 1 fully saturated rings. The number of non-ortho nitro benzene ring substituents is 1. The third kappa shape index (κ3) is 5.46. The van der Waals surface area contributed by atoms with Crippen molar-refractivity contribution in [2.24, 2.45) is 0 Å². The summed E-state index contributed by atoms with van der Waals surface area (Å²) >= 11 is 0. The Labute approximate surface area is 181 Å². The van der Waals surface area contributed by atoms with Crippen molar-refractivity contribution in [1.82, 2.24) is 9.21 Å². The van der Waals surface area contributed by atoms with Crippen molar-refractivity contribution < 1.29 is 18.1 Å². The molecule has 1 aliphatic heterocycles. The number of carbonyl (C=O) groups is 1. The third-order valence-corrected chi connectivity index (χ3v) is 7.31. The maximum absolute atomic E-state index is 13.0. The molecule has 0 aromatic heterocycles. The molecule has 10 heteroatoms. The van der Waals surface area contributed by atoms with E-state index in [9.17, 15) is 23.3 Å². The molecule has 0 saturated carbocycles. The smallest absolute Gasteiger partial charge is 0.271 e. The van der Waals surface area contributed by atoms with Gasteiger partial charge in [0.25, 0.3) is 5.69 Å². The number of benzene rings is 2. The fourth-order valence-electron chi connectivity index (χ4n) is 3.51. The number of aryl methyl sites for hydroxylation is 1. The molecule has 0 radical (unpaired) electrons. The van der Waals surface area contributed by atoms with E-state index in [2.05, 4.69) is 5.32 Å². The Bertz CT molecular complexity index is 1060. The molecule has 9 nitrogen and oxygen atoms in total. The van der Waals surface area contributed by atoms with E-state index in [0.29, 0.717) is 31.7 Å². The third-order valence-electron chi connectivity index (χ3n) is 5.40. The second-order valence-electron chi connectivity index (χ2n) is 7.58. The van der Waals surface area contributed by atoms with Gasteiger partial charge in [-0.3, -0.25) is 19.8 Å². The van der Waals surface area contributed by atoms with Crippen LogP contribution in [0.5, 0.6) is 0 Å². The lowest BCUT2D eigenvalue weighted by atomic mass is 10.2. The molecule has 1 atom stereocenters. The first kappa shape index (κ1) is 22.9. The lowest BCUT2D eigenvalue weighted by molar-refractivity contribution is -0.384. The number of amides is 1. The average Bonchev–Trinajstić information content (AvgIpc) is 3.00. The molecule has 0 bridgehead atoms. The number of hydrogen-bond acceptors (Lipinski definition) is 6. The molecule has 2 aromatic rings. The molecule has 1 heterocycles. The highest BCUT2D eigenvalue weighted by atomic mass is 32.2. The molecule has 1 aliphatic rings. The summed E-state index contributed by atoms with van der Waals surface area (Å²) in [5.74, 6) is -0.296. The van der Waals surface area contributed by atoms with Gasteiger partial charge in [-0.15, -0.1) is 0 Å². The number of sulfonamides is 1. The van der Waals surface area contributed by atoms with Crippen molar-refractivity contribution in [2.75, 3.05) is 31.5 Å². The van der Waals surface area contributed by atoms with Crippen LogP contribution >= 0.6 is 0 Å². The van der Waals surface area contributed by atoms with Crippen LogP contribution < -0.4 is 5.32 Å². The summed E-state index contributed by atoms with van der Waals surface area (Å²) in [7, 11) is -3.59. The zero-order chi connectivity index (χ0) is 22.6. The van der Waals surface area contributed by atoms with E-state index in [-0.39, 0.29) is 23.0 Å². The van der Waals surface area contributed by atoms with Gasteiger partial charge < -0.3 is 5.32 Å². The van der Waals surface area contributed by atoms with Gasteiger partial charge in [0.1, 0.15) is 0 Å². The summed E-state index contributed by atoms with van der Waals surface area (Å²) < 4.78 is 27.4. The van der Waals surface area contributed by atoms with E-state index < -0.39 is 21.0 Å². The van der Waals surface area contributed by atoms with Crippen molar-refractivity contribution in [3.8, 4) is 0 Å². The van der Waals surface area contributed by atoms with Gasteiger partial charge in [0, 0.05) is 44.0 Å². The molecular weight excluding hydrogens is 420 g/mol. The topological polar surface area (TPSA) is 113 Å². The fourth-order valence-corrected chi connectivity index (χ4v) is 4.98. The summed E-state index contributed by atoms with van der Waals surface area (Å²) in [5, 5.41) is 13.6. The van der Waals surface area contributed by atoms with Crippen molar-refractivity contribution in [3.63, 3.8) is 0 Å². The van der Waals surface area contributed by atoms with Crippen LogP contribution in [-0.4, -0.2) is 60.7 Å². The van der Waals surface area contributed by atoms with E-state index in [1.165, 1.54) is 22.5 Å². The maximum atomic E-state index is 13.0. The fraction of sp³-hybridized carbons (Fsp3) is 0.381. The monoisotopic (exact) mass is 446 g/mol. The Morgan fingerprint density at radius 1 is 1.10 bits per heavy atom. The molecule has 1 amide bonds. The van der Waals surface area contributed by atoms with E-state index in [0.717, 1.165) is 5.56 Å². The van der Waals surface area contributed by atoms with Crippen LogP contribution in [0.15, 0.2) is 53.4 Å². The SMILES string of the molecule is Cc1ccc(S(=O)(=O)N2CCCN([C@H](C)C(=O)Nc3cccc([N+](=O)[O-])c3)CC2)cc1. The minimum Gasteiger partial charge on any atom is -0.324 e. The highest BCUT2D eigenvalue weighted by molar-refractivity contribution is 7.89. The number of nitrogens with zero attached hydrogens (tertiary/aromatic N) is 3. The van der Waals surface area contributed by atoms with Crippen LogP contribution in [0.2, 0.25) is 0 Å². The average molecular weight is 447 g/mol. The first-order valence-electron chi connectivity index (χ1n) is 10.0. The highest BCUT2D eigenvalue weighted by Crippen LogP contribution is 2.20. The molecule has 166 valence electrons. The Balaban J connectivity index is 1.64. The number of nitrogens with one attached hydrogen (secondary N) is 1. The van der Waals surface area contributed by atoms with E-state index in [4.69, 9.17) is 0 Å². The van der Waals surface area contributed by atoms with Crippen molar-refractivity contribution in [2.45, 2.75) is 31.2 Å². The summed E-state index contributed by atoms with van der Waals surface area (Å²) in [5.41, 5.74) is 1.24. The molecule has 2 aromatic carbocycles. The standard InChI is InChI=1S/C21H26N4O5S/c1-16-7-9-20(10-8-16)31(29,30)24-12-4-11-23(13-14-24)17(2)21(26)22-18-5-3-6-19(15-18)25(27)28/h3,5-10,15,17H,4,11-14H2,1-2H3,(H,22,26)/t17-/m1/s1. The molecule has 0 aliphatic carbocycles. The van der Waals surface area contributed by atoms with Gasteiger partial charge in [0.05, 0.1) is 15.9 Å². The van der Waals surface area contributed by atoms with Gasteiger partial charge >= 0.3 is 0 Å².